The van der Waals surface area contributed by atoms with Crippen molar-refractivity contribution in [3.63, 3.8) is 0 Å². The van der Waals surface area contributed by atoms with Crippen molar-refractivity contribution in [3.8, 4) is 0 Å². The molecule has 19 heavy (non-hydrogen) atoms. The Kier molecular flexibility index (Phi) is 3.62. The molecule has 1 aromatic rings. The average Bonchev–Trinajstić information content (AvgIpc) is 2.33. The number of aliphatic hydroxyl groups is 1. The summed E-state index contributed by atoms with van der Waals surface area (Å²) in [6.07, 6.45) is -3.80. The smallest absolute Gasteiger partial charge is 0.385 e. The van der Waals surface area contributed by atoms with Crippen LogP contribution in [0, 0.1) is 0 Å². The molecule has 0 aliphatic carbocycles. The van der Waals surface area contributed by atoms with Crippen molar-refractivity contribution in [1.29, 1.82) is 0 Å². The zero-order valence-corrected chi connectivity index (χ0v) is 11.0. The van der Waals surface area contributed by atoms with E-state index < -0.39 is 17.3 Å². The molecule has 0 bridgehead atoms. The molecule has 2 nitrogen and oxygen atoms in total. The van der Waals surface area contributed by atoms with E-state index in [4.69, 9.17) is 0 Å². The van der Waals surface area contributed by atoms with E-state index in [1.54, 1.807) is 6.07 Å². The van der Waals surface area contributed by atoms with Gasteiger partial charge in [-0.05, 0) is 38.4 Å². The number of nitrogens with zero attached hydrogens (tertiary/aromatic N) is 1. The molecule has 1 aliphatic heterocycles. The van der Waals surface area contributed by atoms with Crippen molar-refractivity contribution in [2.24, 2.45) is 0 Å². The predicted octanol–water partition coefficient (Wildman–Crippen LogP) is 3.01. The summed E-state index contributed by atoms with van der Waals surface area (Å²) >= 11 is 0. The maximum atomic E-state index is 13.0. The molecule has 2 rings (SSSR count). The first-order valence-corrected chi connectivity index (χ1v) is 6.33. The summed E-state index contributed by atoms with van der Waals surface area (Å²) in [6, 6.07) is 5.39. The molecule has 1 aromatic carbocycles. The van der Waals surface area contributed by atoms with Crippen LogP contribution in [0.5, 0.6) is 0 Å². The monoisotopic (exact) mass is 273 g/mol. The molecule has 1 saturated heterocycles. The Morgan fingerprint density at radius 2 is 1.95 bits per heavy atom. The normalized spacial score (nSPS) is 29.5. The topological polar surface area (TPSA) is 23.5 Å². The Balaban J connectivity index is 2.42. The molecule has 0 saturated carbocycles. The highest BCUT2D eigenvalue weighted by molar-refractivity contribution is 5.35. The molecule has 1 fully saturated rings. The first-order valence-electron chi connectivity index (χ1n) is 6.33. The lowest BCUT2D eigenvalue weighted by molar-refractivity contribution is -0.142. The molecule has 2 atom stereocenters. The van der Waals surface area contributed by atoms with Crippen LogP contribution in [-0.2, 0) is 11.8 Å². The van der Waals surface area contributed by atoms with E-state index in [-0.39, 0.29) is 11.6 Å². The lowest BCUT2D eigenvalue weighted by Crippen LogP contribution is -2.46. The van der Waals surface area contributed by atoms with Gasteiger partial charge in [-0.15, -0.1) is 0 Å². The quantitative estimate of drug-likeness (QED) is 0.850. The highest BCUT2D eigenvalue weighted by Crippen LogP contribution is 2.42. The molecule has 1 N–H and O–H groups in total. The molecule has 2 unspecified atom stereocenters. The van der Waals surface area contributed by atoms with Crippen LogP contribution < -0.4 is 0 Å². The molecule has 1 aliphatic rings. The minimum atomic E-state index is -4.43. The second-order valence-corrected chi connectivity index (χ2v) is 5.36. The molecule has 1 heterocycles. The van der Waals surface area contributed by atoms with Crippen LogP contribution >= 0.6 is 0 Å². The van der Waals surface area contributed by atoms with Gasteiger partial charge >= 0.3 is 6.18 Å². The number of halogens is 3. The highest BCUT2D eigenvalue weighted by Gasteiger charge is 2.43. The molecule has 0 amide bonds. The number of piperidine rings is 1. The summed E-state index contributed by atoms with van der Waals surface area (Å²) in [5.74, 6) is 0. The number of hydrogen-bond acceptors (Lipinski definition) is 2. The van der Waals surface area contributed by atoms with Crippen molar-refractivity contribution < 1.29 is 18.3 Å². The van der Waals surface area contributed by atoms with Gasteiger partial charge in [0.1, 0.15) is 0 Å². The fraction of sp³-hybridized carbons (Fsp3) is 0.571. The molecule has 0 radical (unpaired) electrons. The number of likely N-dealkylation sites (tertiary alicyclic amines) is 1. The molecular weight excluding hydrogens is 255 g/mol. The molecule has 106 valence electrons. The summed E-state index contributed by atoms with van der Waals surface area (Å²) in [4.78, 5) is 2.05. The maximum Gasteiger partial charge on any atom is 0.416 e. The van der Waals surface area contributed by atoms with Gasteiger partial charge in [0.05, 0.1) is 11.2 Å². The average molecular weight is 273 g/mol. The molecule has 5 heteroatoms. The van der Waals surface area contributed by atoms with E-state index in [1.165, 1.54) is 12.1 Å². The zero-order valence-electron chi connectivity index (χ0n) is 11.0. The third kappa shape index (κ3) is 2.77. The van der Waals surface area contributed by atoms with Crippen LogP contribution in [0.3, 0.4) is 0 Å². The van der Waals surface area contributed by atoms with E-state index in [9.17, 15) is 18.3 Å². The van der Waals surface area contributed by atoms with Crippen molar-refractivity contribution in [2.75, 3.05) is 13.6 Å². The van der Waals surface area contributed by atoms with Crippen molar-refractivity contribution in [1.82, 2.24) is 4.90 Å². The first kappa shape index (κ1) is 14.3. The minimum absolute atomic E-state index is 0.00227. The van der Waals surface area contributed by atoms with Crippen LogP contribution in [0.1, 0.15) is 30.9 Å². The van der Waals surface area contributed by atoms with Gasteiger partial charge in [0.25, 0.3) is 0 Å². The molecular formula is C14H18F3NO. The van der Waals surface area contributed by atoms with Crippen LogP contribution in [0.2, 0.25) is 0 Å². The lowest BCUT2D eigenvalue weighted by atomic mass is 9.79. The Bertz CT molecular complexity index is 460. The van der Waals surface area contributed by atoms with Crippen LogP contribution in [0.15, 0.2) is 24.3 Å². The van der Waals surface area contributed by atoms with E-state index in [1.807, 2.05) is 18.9 Å². The summed E-state index contributed by atoms with van der Waals surface area (Å²) in [5, 5.41) is 10.6. The standard InChI is InChI=1S/C14H18F3NO/c1-10-9-13(19,7-8-18(10)2)11-5-3-4-6-12(11)14(15,16)17/h3-6,10,19H,7-9H2,1-2H3. The predicted molar refractivity (Wildman–Crippen MR) is 66.7 cm³/mol. The van der Waals surface area contributed by atoms with Crippen molar-refractivity contribution >= 4 is 0 Å². The van der Waals surface area contributed by atoms with Crippen molar-refractivity contribution in [2.45, 2.75) is 37.6 Å². The number of rotatable bonds is 1. The van der Waals surface area contributed by atoms with Crippen LogP contribution in [0.25, 0.3) is 0 Å². The van der Waals surface area contributed by atoms with Gasteiger partial charge in [-0.2, -0.15) is 13.2 Å². The third-order valence-corrected chi connectivity index (χ3v) is 4.00. The molecule has 0 spiro atoms. The van der Waals surface area contributed by atoms with Gasteiger partial charge in [-0.3, -0.25) is 0 Å². The fourth-order valence-corrected chi connectivity index (χ4v) is 2.71. The third-order valence-electron chi connectivity index (χ3n) is 4.00. The summed E-state index contributed by atoms with van der Waals surface area (Å²) in [5.41, 5.74) is -2.12. The Morgan fingerprint density at radius 3 is 2.53 bits per heavy atom. The number of hydrogen-bond donors (Lipinski definition) is 1. The van der Waals surface area contributed by atoms with Gasteiger partial charge in [0.2, 0.25) is 0 Å². The Morgan fingerprint density at radius 1 is 1.32 bits per heavy atom. The van der Waals surface area contributed by atoms with Gasteiger partial charge in [-0.25, -0.2) is 0 Å². The van der Waals surface area contributed by atoms with Gasteiger partial charge in [0, 0.05) is 12.6 Å². The van der Waals surface area contributed by atoms with Gasteiger partial charge < -0.3 is 10.0 Å². The maximum absolute atomic E-state index is 13.0. The largest absolute Gasteiger partial charge is 0.416 e. The van der Waals surface area contributed by atoms with Crippen LogP contribution in [0.4, 0.5) is 13.2 Å². The van der Waals surface area contributed by atoms with Gasteiger partial charge in [0.15, 0.2) is 0 Å². The van der Waals surface area contributed by atoms with E-state index in [0.29, 0.717) is 19.4 Å². The zero-order chi connectivity index (χ0) is 14.3. The summed E-state index contributed by atoms with van der Waals surface area (Å²) in [6.45, 7) is 2.50. The first-order chi connectivity index (χ1) is 8.74. The second-order valence-electron chi connectivity index (χ2n) is 5.36. The highest BCUT2D eigenvalue weighted by atomic mass is 19.4. The Labute approximate surface area is 110 Å². The number of benzene rings is 1. The lowest BCUT2D eigenvalue weighted by Gasteiger charge is -2.42. The van der Waals surface area contributed by atoms with E-state index >= 15 is 0 Å². The van der Waals surface area contributed by atoms with Crippen molar-refractivity contribution in [3.05, 3.63) is 35.4 Å². The van der Waals surface area contributed by atoms with Gasteiger partial charge in [-0.1, -0.05) is 18.2 Å². The second kappa shape index (κ2) is 4.80. The molecule has 0 aromatic heterocycles. The number of alkyl halides is 3. The van der Waals surface area contributed by atoms with E-state index in [2.05, 4.69) is 0 Å². The van der Waals surface area contributed by atoms with Crippen LogP contribution in [-0.4, -0.2) is 29.6 Å². The summed E-state index contributed by atoms with van der Waals surface area (Å²) < 4.78 is 39.1. The SMILES string of the molecule is CC1CC(O)(c2ccccc2C(F)(F)F)CCN1C. The Hall–Kier alpha value is -1.07. The fourth-order valence-electron chi connectivity index (χ4n) is 2.71. The minimum Gasteiger partial charge on any atom is -0.385 e. The summed E-state index contributed by atoms with van der Waals surface area (Å²) in [7, 11) is 1.92. The van der Waals surface area contributed by atoms with E-state index in [0.717, 1.165) is 6.07 Å².